The van der Waals surface area contributed by atoms with Crippen molar-refractivity contribution in [1.82, 2.24) is 9.80 Å². The Morgan fingerprint density at radius 3 is 2.32 bits per heavy atom. The molecule has 0 radical (unpaired) electrons. The summed E-state index contributed by atoms with van der Waals surface area (Å²) in [5, 5.41) is 8.87. The van der Waals surface area contributed by atoms with Gasteiger partial charge in [0.05, 0.1) is 17.6 Å². The van der Waals surface area contributed by atoms with Crippen LogP contribution in [0.4, 0.5) is 10.5 Å². The van der Waals surface area contributed by atoms with E-state index in [2.05, 4.69) is 11.0 Å². The molecule has 1 unspecified atom stereocenters. The standard InChI is InChI=1S/C18H23N5O2/c19-12-14-3-5-16(6-4-14)21-8-10-22(11-9-21)17(24)15-2-1-7-23(13-15)18(20)25/h3-6,15H,1-2,7-11,13H2,(H2,20,25). The van der Waals surface area contributed by atoms with E-state index in [4.69, 9.17) is 11.0 Å². The average Bonchev–Trinajstić information content (AvgIpc) is 2.67. The second-order valence-electron chi connectivity index (χ2n) is 6.59. The summed E-state index contributed by atoms with van der Waals surface area (Å²) in [4.78, 5) is 29.8. The van der Waals surface area contributed by atoms with Gasteiger partial charge < -0.3 is 20.4 Å². The molecule has 2 aliphatic heterocycles. The van der Waals surface area contributed by atoms with Crippen molar-refractivity contribution in [3.05, 3.63) is 29.8 Å². The maximum absolute atomic E-state index is 12.7. The van der Waals surface area contributed by atoms with Crippen LogP contribution in [0.15, 0.2) is 24.3 Å². The van der Waals surface area contributed by atoms with Crippen molar-refractivity contribution in [1.29, 1.82) is 5.26 Å². The molecule has 0 spiro atoms. The summed E-state index contributed by atoms with van der Waals surface area (Å²) in [5.41, 5.74) is 7.07. The summed E-state index contributed by atoms with van der Waals surface area (Å²) in [6.07, 6.45) is 1.64. The minimum atomic E-state index is -0.442. The van der Waals surface area contributed by atoms with Crippen molar-refractivity contribution in [2.45, 2.75) is 12.8 Å². The van der Waals surface area contributed by atoms with Crippen molar-refractivity contribution < 1.29 is 9.59 Å². The van der Waals surface area contributed by atoms with E-state index < -0.39 is 6.03 Å². The van der Waals surface area contributed by atoms with Crippen molar-refractivity contribution in [3.8, 4) is 6.07 Å². The van der Waals surface area contributed by atoms with E-state index in [0.717, 1.165) is 31.6 Å². The molecule has 2 N–H and O–H groups in total. The number of rotatable bonds is 2. The SMILES string of the molecule is N#Cc1ccc(N2CCN(C(=O)C3CCCN(C(N)=O)C3)CC2)cc1. The summed E-state index contributed by atoms with van der Waals surface area (Å²) in [5.74, 6) is -0.00635. The molecule has 7 heteroatoms. The number of anilines is 1. The van der Waals surface area contributed by atoms with Crippen molar-refractivity contribution in [3.63, 3.8) is 0 Å². The summed E-state index contributed by atoms with van der Waals surface area (Å²) in [7, 11) is 0. The Kier molecular flexibility index (Phi) is 5.08. The third kappa shape index (κ3) is 3.85. The molecule has 0 aliphatic carbocycles. The molecule has 1 aromatic rings. The minimum absolute atomic E-state index is 0.130. The number of likely N-dealkylation sites (tertiary alicyclic amines) is 1. The van der Waals surface area contributed by atoms with Gasteiger partial charge >= 0.3 is 6.03 Å². The fraction of sp³-hybridized carbons (Fsp3) is 0.500. The highest BCUT2D eigenvalue weighted by Gasteiger charge is 2.32. The lowest BCUT2D eigenvalue weighted by Crippen LogP contribution is -2.53. The number of benzene rings is 1. The van der Waals surface area contributed by atoms with E-state index in [1.54, 1.807) is 4.90 Å². The van der Waals surface area contributed by atoms with Gasteiger partial charge in [0.15, 0.2) is 0 Å². The van der Waals surface area contributed by atoms with Crippen LogP contribution >= 0.6 is 0 Å². The molecule has 0 bridgehead atoms. The number of carbonyl (C=O) groups is 2. The van der Waals surface area contributed by atoms with Gasteiger partial charge in [0.25, 0.3) is 0 Å². The summed E-state index contributed by atoms with van der Waals surface area (Å²) < 4.78 is 0. The molecular weight excluding hydrogens is 318 g/mol. The van der Waals surface area contributed by atoms with Crippen LogP contribution in [0, 0.1) is 17.2 Å². The number of piperazine rings is 1. The van der Waals surface area contributed by atoms with Gasteiger partial charge in [-0.1, -0.05) is 0 Å². The molecule has 1 atom stereocenters. The first kappa shape index (κ1) is 17.1. The molecule has 3 rings (SSSR count). The van der Waals surface area contributed by atoms with Gasteiger partial charge in [-0.15, -0.1) is 0 Å². The van der Waals surface area contributed by atoms with Crippen LogP contribution in [-0.4, -0.2) is 61.0 Å². The topological polar surface area (TPSA) is 93.7 Å². The van der Waals surface area contributed by atoms with Gasteiger partial charge in [0, 0.05) is 45.0 Å². The van der Waals surface area contributed by atoms with Crippen molar-refractivity contribution in [2.75, 3.05) is 44.2 Å². The first-order valence-electron chi connectivity index (χ1n) is 8.67. The fourth-order valence-corrected chi connectivity index (χ4v) is 3.57. The lowest BCUT2D eigenvalue weighted by atomic mass is 9.96. The number of nitrogens with two attached hydrogens (primary N) is 1. The molecule has 132 valence electrons. The van der Waals surface area contributed by atoms with Gasteiger partial charge in [-0.2, -0.15) is 5.26 Å². The van der Waals surface area contributed by atoms with E-state index in [9.17, 15) is 9.59 Å². The van der Waals surface area contributed by atoms with E-state index in [0.29, 0.717) is 31.7 Å². The smallest absolute Gasteiger partial charge is 0.314 e. The van der Waals surface area contributed by atoms with E-state index in [1.807, 2.05) is 29.2 Å². The third-order valence-electron chi connectivity index (χ3n) is 5.04. The Hall–Kier alpha value is -2.75. The second kappa shape index (κ2) is 7.43. The molecular formula is C18H23N5O2. The summed E-state index contributed by atoms with van der Waals surface area (Å²) in [6, 6.07) is 9.20. The van der Waals surface area contributed by atoms with Crippen LogP contribution in [0.3, 0.4) is 0 Å². The largest absolute Gasteiger partial charge is 0.368 e. The zero-order valence-electron chi connectivity index (χ0n) is 14.2. The number of primary amides is 1. The zero-order valence-corrected chi connectivity index (χ0v) is 14.2. The lowest BCUT2D eigenvalue weighted by Gasteiger charge is -2.39. The Balaban J connectivity index is 1.55. The fourth-order valence-electron chi connectivity index (χ4n) is 3.57. The van der Waals surface area contributed by atoms with Gasteiger partial charge in [-0.05, 0) is 37.1 Å². The Labute approximate surface area is 147 Å². The highest BCUT2D eigenvalue weighted by atomic mass is 16.2. The summed E-state index contributed by atoms with van der Waals surface area (Å²) in [6.45, 7) is 3.96. The quantitative estimate of drug-likeness (QED) is 0.868. The highest BCUT2D eigenvalue weighted by molar-refractivity contribution is 5.81. The minimum Gasteiger partial charge on any atom is -0.368 e. The monoisotopic (exact) mass is 341 g/mol. The number of piperidine rings is 1. The van der Waals surface area contributed by atoms with Gasteiger partial charge in [0.1, 0.15) is 0 Å². The zero-order chi connectivity index (χ0) is 17.8. The molecule has 2 saturated heterocycles. The normalized spacial score (nSPS) is 20.9. The molecule has 3 amide bonds. The van der Waals surface area contributed by atoms with Crippen LogP contribution in [0.5, 0.6) is 0 Å². The van der Waals surface area contributed by atoms with Crippen LogP contribution in [0.2, 0.25) is 0 Å². The first-order chi connectivity index (χ1) is 12.1. The number of hydrogen-bond acceptors (Lipinski definition) is 4. The van der Waals surface area contributed by atoms with Crippen molar-refractivity contribution >= 4 is 17.6 Å². The lowest BCUT2D eigenvalue weighted by molar-refractivity contribution is -0.137. The van der Waals surface area contributed by atoms with Gasteiger partial charge in [-0.25, -0.2) is 4.79 Å². The molecule has 7 nitrogen and oxygen atoms in total. The molecule has 2 heterocycles. The second-order valence-corrected chi connectivity index (χ2v) is 6.59. The molecule has 1 aromatic carbocycles. The Morgan fingerprint density at radius 2 is 1.72 bits per heavy atom. The predicted molar refractivity (Wildman–Crippen MR) is 93.8 cm³/mol. The number of nitrogens with zero attached hydrogens (tertiary/aromatic N) is 4. The predicted octanol–water partition coefficient (Wildman–Crippen LogP) is 0.998. The number of carbonyl (C=O) groups excluding carboxylic acids is 2. The highest BCUT2D eigenvalue weighted by Crippen LogP contribution is 2.21. The van der Waals surface area contributed by atoms with Gasteiger partial charge in [-0.3, -0.25) is 4.79 Å². The average molecular weight is 341 g/mol. The van der Waals surface area contributed by atoms with Crippen molar-refractivity contribution in [2.24, 2.45) is 11.7 Å². The van der Waals surface area contributed by atoms with Crippen LogP contribution < -0.4 is 10.6 Å². The van der Waals surface area contributed by atoms with E-state index in [-0.39, 0.29) is 11.8 Å². The number of hydrogen-bond donors (Lipinski definition) is 1. The first-order valence-corrected chi connectivity index (χ1v) is 8.67. The van der Waals surface area contributed by atoms with Crippen LogP contribution in [-0.2, 0) is 4.79 Å². The third-order valence-corrected chi connectivity index (χ3v) is 5.04. The van der Waals surface area contributed by atoms with E-state index >= 15 is 0 Å². The number of nitriles is 1. The number of urea groups is 1. The molecule has 0 saturated carbocycles. The molecule has 2 aliphatic rings. The maximum atomic E-state index is 12.7. The van der Waals surface area contributed by atoms with E-state index in [1.165, 1.54) is 0 Å². The molecule has 25 heavy (non-hydrogen) atoms. The van der Waals surface area contributed by atoms with Gasteiger partial charge in [0.2, 0.25) is 5.91 Å². The number of amides is 3. The molecule has 0 aromatic heterocycles. The Morgan fingerprint density at radius 1 is 1.04 bits per heavy atom. The van der Waals surface area contributed by atoms with Crippen LogP contribution in [0.1, 0.15) is 18.4 Å². The summed E-state index contributed by atoms with van der Waals surface area (Å²) >= 11 is 0. The molecule has 2 fully saturated rings. The van der Waals surface area contributed by atoms with Crippen LogP contribution in [0.25, 0.3) is 0 Å². The Bertz CT molecular complexity index is 674. The maximum Gasteiger partial charge on any atom is 0.314 e.